The third kappa shape index (κ3) is 2.04. The molecule has 0 heterocycles. The predicted octanol–water partition coefficient (Wildman–Crippen LogP) is 2.50. The van der Waals surface area contributed by atoms with Crippen molar-refractivity contribution in [3.63, 3.8) is 0 Å². The van der Waals surface area contributed by atoms with Gasteiger partial charge in [0.1, 0.15) is 11.9 Å². The summed E-state index contributed by atoms with van der Waals surface area (Å²) in [4.78, 5) is 11.0. The summed E-state index contributed by atoms with van der Waals surface area (Å²) >= 11 is 1.90. The van der Waals surface area contributed by atoms with Gasteiger partial charge in [0.15, 0.2) is 5.78 Å². The Balaban J connectivity index is 3.50. The van der Waals surface area contributed by atoms with Crippen LogP contribution in [0.15, 0.2) is 12.1 Å². The number of rotatable bonds is 1. The molecule has 0 amide bonds. The van der Waals surface area contributed by atoms with Crippen molar-refractivity contribution in [1.29, 1.82) is 5.26 Å². The maximum atomic E-state index is 13.1. The van der Waals surface area contributed by atoms with Crippen LogP contribution in [0.2, 0.25) is 0 Å². The largest absolute Gasteiger partial charge is 0.294 e. The maximum Gasteiger partial charge on any atom is 0.161 e. The van der Waals surface area contributed by atoms with Gasteiger partial charge >= 0.3 is 0 Å². The van der Waals surface area contributed by atoms with E-state index in [1.807, 2.05) is 22.6 Å². The van der Waals surface area contributed by atoms with Crippen LogP contribution in [-0.4, -0.2) is 5.78 Å². The van der Waals surface area contributed by atoms with Gasteiger partial charge < -0.3 is 0 Å². The van der Waals surface area contributed by atoms with Crippen molar-refractivity contribution in [3.8, 4) is 6.07 Å². The molecular weight excluding hydrogens is 284 g/mol. The van der Waals surface area contributed by atoms with E-state index in [4.69, 9.17) is 5.26 Å². The van der Waals surface area contributed by atoms with E-state index in [0.717, 1.165) is 0 Å². The van der Waals surface area contributed by atoms with Crippen molar-refractivity contribution in [2.75, 3.05) is 0 Å². The number of carbonyl (C=O) groups is 1. The second-order valence-corrected chi connectivity index (χ2v) is 3.72. The van der Waals surface area contributed by atoms with Gasteiger partial charge in [0.2, 0.25) is 0 Å². The minimum atomic E-state index is -0.639. The van der Waals surface area contributed by atoms with Crippen molar-refractivity contribution in [1.82, 2.24) is 0 Å². The lowest BCUT2D eigenvalue weighted by Crippen LogP contribution is -2.00. The summed E-state index contributed by atoms with van der Waals surface area (Å²) in [5, 5.41) is 8.59. The molecule has 0 aliphatic heterocycles. The van der Waals surface area contributed by atoms with E-state index in [0.29, 0.717) is 3.57 Å². The van der Waals surface area contributed by atoms with Crippen LogP contribution in [0.5, 0.6) is 0 Å². The molecule has 0 fully saturated rings. The first kappa shape index (κ1) is 10.1. The average molecular weight is 289 g/mol. The second kappa shape index (κ2) is 3.83. The summed E-state index contributed by atoms with van der Waals surface area (Å²) in [5.74, 6) is -0.937. The molecule has 2 nitrogen and oxygen atoms in total. The van der Waals surface area contributed by atoms with Crippen LogP contribution in [0.4, 0.5) is 4.39 Å². The zero-order valence-corrected chi connectivity index (χ0v) is 8.92. The highest BCUT2D eigenvalue weighted by atomic mass is 127. The Morgan fingerprint density at radius 3 is 2.69 bits per heavy atom. The first-order valence-corrected chi connectivity index (χ1v) is 4.54. The average Bonchev–Trinajstić information content (AvgIpc) is 2.02. The maximum absolute atomic E-state index is 13.1. The van der Waals surface area contributed by atoms with E-state index in [1.54, 1.807) is 6.07 Å². The lowest BCUT2D eigenvalue weighted by molar-refractivity contribution is 0.101. The molecule has 0 saturated heterocycles. The molecule has 13 heavy (non-hydrogen) atoms. The zero-order chi connectivity index (χ0) is 10.0. The van der Waals surface area contributed by atoms with Crippen LogP contribution in [-0.2, 0) is 0 Å². The highest BCUT2D eigenvalue weighted by Gasteiger charge is 2.12. The Kier molecular flexibility index (Phi) is 2.98. The van der Waals surface area contributed by atoms with E-state index in [2.05, 4.69) is 0 Å². The minimum Gasteiger partial charge on any atom is -0.294 e. The molecule has 0 aliphatic carbocycles. The number of hydrogen-bond acceptors (Lipinski definition) is 2. The van der Waals surface area contributed by atoms with E-state index in [-0.39, 0.29) is 16.9 Å². The molecule has 66 valence electrons. The van der Waals surface area contributed by atoms with Crippen molar-refractivity contribution >= 4 is 28.4 Å². The predicted molar refractivity (Wildman–Crippen MR) is 53.8 cm³/mol. The van der Waals surface area contributed by atoms with Gasteiger partial charge in [-0.1, -0.05) is 0 Å². The van der Waals surface area contributed by atoms with E-state index in [9.17, 15) is 9.18 Å². The molecule has 0 radical (unpaired) electrons. The molecule has 0 unspecified atom stereocenters. The molecule has 0 saturated carbocycles. The monoisotopic (exact) mass is 289 g/mol. The number of benzene rings is 1. The third-order valence-electron chi connectivity index (χ3n) is 1.55. The van der Waals surface area contributed by atoms with Crippen LogP contribution in [0, 0.1) is 20.7 Å². The van der Waals surface area contributed by atoms with Gasteiger partial charge in [-0.25, -0.2) is 4.39 Å². The number of Topliss-reactive ketones (excluding diaryl/α,β-unsaturated/α-hetero) is 1. The van der Waals surface area contributed by atoms with Crippen LogP contribution in [0.25, 0.3) is 0 Å². The van der Waals surface area contributed by atoms with Crippen LogP contribution in [0.3, 0.4) is 0 Å². The number of nitrogens with zero attached hydrogens (tertiary/aromatic N) is 1. The van der Waals surface area contributed by atoms with Crippen LogP contribution < -0.4 is 0 Å². The molecule has 4 heteroatoms. The summed E-state index contributed by atoms with van der Waals surface area (Å²) in [5.41, 5.74) is -0.0279. The fourth-order valence-electron chi connectivity index (χ4n) is 0.965. The number of ketones is 1. The molecule has 0 atom stereocenters. The van der Waals surface area contributed by atoms with Gasteiger partial charge in [-0.05, 0) is 41.6 Å². The van der Waals surface area contributed by atoms with Crippen molar-refractivity contribution in [3.05, 3.63) is 32.6 Å². The summed E-state index contributed by atoms with van der Waals surface area (Å²) in [6, 6.07) is 4.41. The van der Waals surface area contributed by atoms with E-state index < -0.39 is 5.82 Å². The van der Waals surface area contributed by atoms with Crippen molar-refractivity contribution < 1.29 is 9.18 Å². The first-order valence-electron chi connectivity index (χ1n) is 3.46. The Morgan fingerprint density at radius 1 is 1.62 bits per heavy atom. The van der Waals surface area contributed by atoms with Gasteiger partial charge in [-0.2, -0.15) is 5.26 Å². The molecule has 0 bridgehead atoms. The Morgan fingerprint density at radius 2 is 2.23 bits per heavy atom. The van der Waals surface area contributed by atoms with Crippen LogP contribution >= 0.6 is 22.6 Å². The van der Waals surface area contributed by atoms with Gasteiger partial charge in [0, 0.05) is 9.13 Å². The van der Waals surface area contributed by atoms with E-state index in [1.165, 1.54) is 19.1 Å². The van der Waals surface area contributed by atoms with Crippen molar-refractivity contribution in [2.24, 2.45) is 0 Å². The number of hydrogen-bond donors (Lipinski definition) is 0. The molecule has 0 aliphatic rings. The topological polar surface area (TPSA) is 40.9 Å². The fraction of sp³-hybridized carbons (Fsp3) is 0.111. The van der Waals surface area contributed by atoms with Gasteiger partial charge in [-0.15, -0.1) is 0 Å². The Hall–Kier alpha value is -0.960. The van der Waals surface area contributed by atoms with Gasteiger partial charge in [-0.3, -0.25) is 4.79 Å². The highest BCUT2D eigenvalue weighted by molar-refractivity contribution is 14.1. The fourth-order valence-corrected chi connectivity index (χ4v) is 1.55. The molecule has 0 spiro atoms. The standard InChI is InChI=1S/C9H5FINO/c1-5(13)7-2-6(11)3-9(10)8(7)4-12/h2-3H,1H3. The summed E-state index contributed by atoms with van der Waals surface area (Å²) in [7, 11) is 0. The minimum absolute atomic E-state index is 0.145. The number of halogens is 2. The van der Waals surface area contributed by atoms with Crippen molar-refractivity contribution in [2.45, 2.75) is 6.92 Å². The van der Waals surface area contributed by atoms with Crippen LogP contribution in [0.1, 0.15) is 22.8 Å². The summed E-state index contributed by atoms with van der Waals surface area (Å²) in [6.07, 6.45) is 0. The molecule has 0 aromatic heterocycles. The Bertz CT molecular complexity index is 409. The number of carbonyl (C=O) groups excluding carboxylic acids is 1. The normalized spacial score (nSPS) is 9.38. The van der Waals surface area contributed by atoms with E-state index >= 15 is 0 Å². The Labute approximate surface area is 88.5 Å². The number of nitriles is 1. The SMILES string of the molecule is CC(=O)c1cc(I)cc(F)c1C#N. The zero-order valence-electron chi connectivity index (χ0n) is 6.77. The second-order valence-electron chi connectivity index (χ2n) is 2.48. The molecule has 0 N–H and O–H groups in total. The first-order chi connectivity index (χ1) is 6.06. The molecule has 1 aromatic carbocycles. The lowest BCUT2D eigenvalue weighted by atomic mass is 10.1. The molecule has 1 rings (SSSR count). The molecular formula is C9H5FINO. The lowest BCUT2D eigenvalue weighted by Gasteiger charge is -2.01. The quantitative estimate of drug-likeness (QED) is 0.588. The van der Waals surface area contributed by atoms with Gasteiger partial charge in [0.25, 0.3) is 0 Å². The van der Waals surface area contributed by atoms with Gasteiger partial charge in [0.05, 0.1) is 5.56 Å². The summed E-state index contributed by atoms with van der Waals surface area (Å²) in [6.45, 7) is 1.31. The summed E-state index contributed by atoms with van der Waals surface area (Å²) < 4.78 is 13.7. The molecule has 1 aromatic rings. The third-order valence-corrected chi connectivity index (χ3v) is 2.17. The smallest absolute Gasteiger partial charge is 0.161 e. The highest BCUT2D eigenvalue weighted by Crippen LogP contribution is 2.17.